The quantitative estimate of drug-likeness (QED) is 0.293. The monoisotopic (exact) mass is 503 g/mol. The van der Waals surface area contributed by atoms with Gasteiger partial charge in [0.2, 0.25) is 0 Å². The maximum absolute atomic E-state index is 12.5. The second kappa shape index (κ2) is 12.1. The topological polar surface area (TPSA) is 102 Å². The van der Waals surface area contributed by atoms with Crippen molar-refractivity contribution in [2.75, 3.05) is 13.2 Å². The van der Waals surface area contributed by atoms with Crippen LogP contribution in [0.1, 0.15) is 60.4 Å². The van der Waals surface area contributed by atoms with Gasteiger partial charge in [-0.3, -0.25) is 4.79 Å². The number of hydroxylamine groups is 1. The first kappa shape index (κ1) is 25.0. The molecular weight excluding hydrogens is 470 g/mol. The Morgan fingerprint density at radius 3 is 2.92 bits per heavy atom. The number of alkyl carbamates (subject to hydrolysis) is 1. The van der Waals surface area contributed by atoms with Crippen LogP contribution in [0.2, 0.25) is 0 Å². The molecule has 0 radical (unpaired) electrons. The fraction of sp³-hybridized carbons (Fsp3) is 0.379. The SMILES string of the molecule is O=C(/C=C/c1ccc2c(c1)CCCC2NC(=O)OCCc1c[nH]c2ccccc12)NOC1CCCCO1. The van der Waals surface area contributed by atoms with Gasteiger partial charge in [0.25, 0.3) is 5.91 Å². The van der Waals surface area contributed by atoms with Crippen molar-refractivity contribution in [2.45, 2.75) is 57.3 Å². The average Bonchev–Trinajstić information content (AvgIpc) is 3.34. The second-order valence-electron chi connectivity index (χ2n) is 9.51. The van der Waals surface area contributed by atoms with E-state index in [9.17, 15) is 9.59 Å². The smallest absolute Gasteiger partial charge is 0.407 e. The molecule has 37 heavy (non-hydrogen) atoms. The summed E-state index contributed by atoms with van der Waals surface area (Å²) in [7, 11) is 0. The molecular formula is C29H33N3O5. The molecule has 2 aliphatic rings. The summed E-state index contributed by atoms with van der Waals surface area (Å²) in [6.45, 7) is 0.972. The number of rotatable bonds is 8. The van der Waals surface area contributed by atoms with E-state index in [1.807, 2.05) is 36.5 Å². The average molecular weight is 504 g/mol. The molecule has 8 nitrogen and oxygen atoms in total. The maximum Gasteiger partial charge on any atom is 0.407 e. The van der Waals surface area contributed by atoms with Crippen LogP contribution in [-0.2, 0) is 31.9 Å². The fourth-order valence-corrected chi connectivity index (χ4v) is 5.00. The van der Waals surface area contributed by atoms with Crippen LogP contribution in [0.3, 0.4) is 0 Å². The summed E-state index contributed by atoms with van der Waals surface area (Å²) in [6.07, 6.45) is 10.7. The molecule has 0 bridgehead atoms. The number of carbonyl (C=O) groups excluding carboxylic acids is 2. The number of ether oxygens (including phenoxy) is 2. The van der Waals surface area contributed by atoms with Gasteiger partial charge in [0.15, 0.2) is 6.29 Å². The predicted octanol–water partition coefficient (Wildman–Crippen LogP) is 5.10. The third kappa shape index (κ3) is 6.58. The van der Waals surface area contributed by atoms with Crippen LogP contribution in [0, 0.1) is 0 Å². The van der Waals surface area contributed by atoms with Crippen LogP contribution >= 0.6 is 0 Å². The van der Waals surface area contributed by atoms with Gasteiger partial charge >= 0.3 is 6.09 Å². The number of benzene rings is 2. The number of H-pyrrole nitrogens is 1. The number of nitrogens with one attached hydrogen (secondary N) is 3. The second-order valence-corrected chi connectivity index (χ2v) is 9.51. The molecule has 2 heterocycles. The highest BCUT2D eigenvalue weighted by molar-refractivity contribution is 5.91. The first-order valence-electron chi connectivity index (χ1n) is 13.0. The Morgan fingerprint density at radius 2 is 2.03 bits per heavy atom. The highest BCUT2D eigenvalue weighted by Gasteiger charge is 2.22. The molecule has 194 valence electrons. The molecule has 5 rings (SSSR count). The van der Waals surface area contributed by atoms with Crippen LogP contribution < -0.4 is 10.8 Å². The van der Waals surface area contributed by atoms with Gasteiger partial charge in [0.05, 0.1) is 12.6 Å². The first-order valence-corrected chi connectivity index (χ1v) is 13.0. The standard InChI is InChI=1S/C29H33N3O5/c33-27(32-37-28-10-3-4-16-35-28)14-12-20-11-13-24-21(18-20)6-5-9-26(24)31-29(34)36-17-15-22-19-30-25-8-2-1-7-23(22)25/h1-2,7-8,11-14,18-19,26,28,30H,3-6,9-10,15-17H2,(H,31,34)(H,32,33)/b14-12+. The minimum absolute atomic E-state index is 0.0884. The molecule has 1 aromatic heterocycles. The highest BCUT2D eigenvalue weighted by atomic mass is 16.8. The largest absolute Gasteiger partial charge is 0.449 e. The number of hydrogen-bond donors (Lipinski definition) is 3. The number of hydrogen-bond acceptors (Lipinski definition) is 5. The van der Waals surface area contributed by atoms with E-state index >= 15 is 0 Å². The summed E-state index contributed by atoms with van der Waals surface area (Å²) in [5.74, 6) is -0.332. The van der Waals surface area contributed by atoms with Crippen molar-refractivity contribution in [3.63, 3.8) is 0 Å². The van der Waals surface area contributed by atoms with Gasteiger partial charge in [-0.25, -0.2) is 15.1 Å². The van der Waals surface area contributed by atoms with Crippen LogP contribution in [-0.4, -0.2) is 36.5 Å². The Kier molecular flexibility index (Phi) is 8.18. The first-order chi connectivity index (χ1) is 18.2. The predicted molar refractivity (Wildman–Crippen MR) is 140 cm³/mol. The summed E-state index contributed by atoms with van der Waals surface area (Å²) in [4.78, 5) is 33.2. The van der Waals surface area contributed by atoms with Crippen molar-refractivity contribution in [2.24, 2.45) is 0 Å². The molecule has 1 saturated heterocycles. The Labute approximate surface area is 216 Å². The lowest BCUT2D eigenvalue weighted by Crippen LogP contribution is -2.32. The Hall–Kier alpha value is -3.62. The summed E-state index contributed by atoms with van der Waals surface area (Å²) in [5.41, 5.74) is 7.84. The van der Waals surface area contributed by atoms with Crippen LogP contribution in [0.25, 0.3) is 17.0 Å². The number of amides is 2. The van der Waals surface area contributed by atoms with E-state index in [0.29, 0.717) is 19.6 Å². The van der Waals surface area contributed by atoms with Gasteiger partial charge in [-0.15, -0.1) is 0 Å². The van der Waals surface area contributed by atoms with Gasteiger partial charge in [0, 0.05) is 42.6 Å². The normalized spacial score (nSPS) is 19.5. The molecule has 1 aliphatic heterocycles. The summed E-state index contributed by atoms with van der Waals surface area (Å²) < 4.78 is 10.9. The lowest BCUT2D eigenvalue weighted by molar-refractivity contribution is -0.198. The van der Waals surface area contributed by atoms with Gasteiger partial charge in [-0.05, 0) is 66.5 Å². The van der Waals surface area contributed by atoms with Gasteiger partial charge in [-0.2, -0.15) is 0 Å². The van der Waals surface area contributed by atoms with Crippen LogP contribution in [0.5, 0.6) is 0 Å². The zero-order valence-corrected chi connectivity index (χ0v) is 20.8. The van der Waals surface area contributed by atoms with Gasteiger partial charge in [0.1, 0.15) is 0 Å². The summed E-state index contributed by atoms with van der Waals surface area (Å²) >= 11 is 0. The summed E-state index contributed by atoms with van der Waals surface area (Å²) in [5, 5.41) is 4.18. The molecule has 2 atom stereocenters. The number of fused-ring (bicyclic) bond motifs is 2. The lowest BCUT2D eigenvalue weighted by Gasteiger charge is -2.26. The Balaban J connectivity index is 1.11. The van der Waals surface area contributed by atoms with E-state index in [1.54, 1.807) is 6.08 Å². The molecule has 8 heteroatoms. The number of aromatic nitrogens is 1. The highest BCUT2D eigenvalue weighted by Crippen LogP contribution is 2.31. The van der Waals surface area contributed by atoms with Crippen molar-refractivity contribution < 1.29 is 23.9 Å². The number of para-hydroxylation sites is 1. The van der Waals surface area contributed by atoms with E-state index in [1.165, 1.54) is 11.6 Å². The van der Waals surface area contributed by atoms with E-state index in [-0.39, 0.29) is 18.2 Å². The van der Waals surface area contributed by atoms with E-state index < -0.39 is 6.09 Å². The zero-order chi connectivity index (χ0) is 25.5. The minimum Gasteiger partial charge on any atom is -0.449 e. The fourth-order valence-electron chi connectivity index (χ4n) is 5.00. The molecule has 3 aromatic rings. The maximum atomic E-state index is 12.5. The molecule has 2 amide bonds. The van der Waals surface area contributed by atoms with Crippen molar-refractivity contribution >= 4 is 29.0 Å². The van der Waals surface area contributed by atoms with E-state index in [4.69, 9.17) is 14.3 Å². The summed E-state index contributed by atoms with van der Waals surface area (Å²) in [6, 6.07) is 14.1. The van der Waals surface area contributed by atoms with Crippen molar-refractivity contribution in [1.82, 2.24) is 15.8 Å². The molecule has 1 aliphatic carbocycles. The molecule has 0 spiro atoms. The zero-order valence-electron chi connectivity index (χ0n) is 20.8. The van der Waals surface area contributed by atoms with Crippen molar-refractivity contribution in [3.05, 3.63) is 77.0 Å². The number of aromatic amines is 1. The molecule has 0 saturated carbocycles. The minimum atomic E-state index is -0.403. The third-order valence-electron chi connectivity index (χ3n) is 6.91. The van der Waals surface area contributed by atoms with E-state index in [2.05, 4.69) is 27.9 Å². The molecule has 1 fully saturated rings. The van der Waals surface area contributed by atoms with Crippen molar-refractivity contribution in [3.8, 4) is 0 Å². The van der Waals surface area contributed by atoms with Crippen LogP contribution in [0.15, 0.2) is 54.7 Å². The Bertz CT molecular complexity index is 1260. The van der Waals surface area contributed by atoms with Gasteiger partial charge in [-0.1, -0.05) is 36.4 Å². The molecule has 2 unspecified atom stereocenters. The Morgan fingerprint density at radius 1 is 1.11 bits per heavy atom. The van der Waals surface area contributed by atoms with Crippen LogP contribution in [0.4, 0.5) is 4.79 Å². The third-order valence-corrected chi connectivity index (χ3v) is 6.91. The molecule has 3 N–H and O–H groups in total. The number of aryl methyl sites for hydroxylation is 1. The molecule has 2 aromatic carbocycles. The number of carbonyl (C=O) groups is 2. The lowest BCUT2D eigenvalue weighted by atomic mass is 9.86. The van der Waals surface area contributed by atoms with E-state index in [0.717, 1.165) is 66.1 Å². The van der Waals surface area contributed by atoms with Crippen molar-refractivity contribution in [1.29, 1.82) is 0 Å². The van der Waals surface area contributed by atoms with Gasteiger partial charge < -0.3 is 19.8 Å².